The molecule has 0 atom stereocenters. The van der Waals surface area contributed by atoms with Crippen molar-refractivity contribution in [3.05, 3.63) is 42.5 Å². The Hall–Kier alpha value is -1.76. The first kappa shape index (κ1) is 14.3. The van der Waals surface area contributed by atoms with Crippen LogP contribution in [0.5, 0.6) is 0 Å². The van der Waals surface area contributed by atoms with Crippen molar-refractivity contribution in [1.29, 1.82) is 0 Å². The van der Waals surface area contributed by atoms with Gasteiger partial charge in [0.05, 0.1) is 18.5 Å². The normalized spacial score (nSPS) is 9.56. The summed E-state index contributed by atoms with van der Waals surface area (Å²) >= 11 is 0. The second kappa shape index (κ2) is 7.54. The lowest BCUT2D eigenvalue weighted by Crippen LogP contribution is -3.00. The Morgan fingerprint density at radius 3 is 2.78 bits per heavy atom. The summed E-state index contributed by atoms with van der Waals surface area (Å²) in [5.74, 6) is -0.260. The number of aromatic amines is 1. The molecule has 2 heterocycles. The number of carbonyl (C=O) groups is 1. The maximum absolute atomic E-state index is 11.5. The first-order valence-electron chi connectivity index (χ1n) is 5.29. The summed E-state index contributed by atoms with van der Waals surface area (Å²) in [4.78, 5) is 11.5. The van der Waals surface area contributed by atoms with Crippen molar-refractivity contribution in [2.45, 2.75) is 13.0 Å². The van der Waals surface area contributed by atoms with Gasteiger partial charge in [-0.1, -0.05) is 6.07 Å². The fraction of sp³-hybridized carbons (Fsp3) is 0.273. The van der Waals surface area contributed by atoms with Crippen LogP contribution < -0.4 is 21.5 Å². The predicted octanol–water partition coefficient (Wildman–Crippen LogP) is -3.12. The topological polar surface area (TPSA) is 71.8 Å². The van der Waals surface area contributed by atoms with Crippen molar-refractivity contribution in [3.8, 4) is 0 Å². The molecule has 0 radical (unpaired) electrons. The van der Waals surface area contributed by atoms with E-state index in [1.165, 1.54) is 0 Å². The number of ether oxygens (including phenoxy) is 1. The maximum atomic E-state index is 11.5. The molecule has 96 valence electrons. The Bertz CT molecular complexity index is 461. The number of nitrogens with one attached hydrogen (secondary N) is 1. The van der Waals surface area contributed by atoms with Gasteiger partial charge in [0.15, 0.2) is 12.4 Å². The van der Waals surface area contributed by atoms with Gasteiger partial charge in [-0.2, -0.15) is 20.0 Å². The van der Waals surface area contributed by atoms with Crippen LogP contribution in [0, 0.1) is 0 Å². The van der Waals surface area contributed by atoms with Gasteiger partial charge in [0.25, 0.3) is 0 Å². The summed E-state index contributed by atoms with van der Waals surface area (Å²) in [5, 5.41) is 10.0. The minimum Gasteiger partial charge on any atom is -1.00 e. The summed E-state index contributed by atoms with van der Waals surface area (Å²) in [6, 6.07) is 5.62. The number of halogens is 1. The van der Waals surface area contributed by atoms with E-state index in [9.17, 15) is 4.79 Å². The summed E-state index contributed by atoms with van der Waals surface area (Å²) in [5.41, 5.74) is 0.783. The zero-order chi connectivity index (χ0) is 11.9. The van der Waals surface area contributed by atoms with E-state index >= 15 is 0 Å². The van der Waals surface area contributed by atoms with E-state index in [0.29, 0.717) is 13.0 Å². The van der Waals surface area contributed by atoms with Gasteiger partial charge in [0.2, 0.25) is 6.54 Å². The molecular formula is C11H13BrN4O2. The molecular weight excluding hydrogens is 300 g/mol. The molecule has 0 amide bonds. The highest BCUT2D eigenvalue weighted by Gasteiger charge is 2.09. The van der Waals surface area contributed by atoms with Gasteiger partial charge in [-0.3, -0.25) is 0 Å². The molecule has 0 spiro atoms. The number of hydrogen-bond acceptors (Lipinski definition) is 4. The smallest absolute Gasteiger partial charge is 0.372 e. The summed E-state index contributed by atoms with van der Waals surface area (Å²) in [6.45, 7) is 0.540. The van der Waals surface area contributed by atoms with Crippen molar-refractivity contribution in [2.75, 3.05) is 6.61 Å². The zero-order valence-corrected chi connectivity index (χ0v) is 11.2. The average molecular weight is 313 g/mol. The number of hydrogen-bond donors (Lipinski definition) is 1. The molecule has 18 heavy (non-hydrogen) atoms. The minimum atomic E-state index is -0.260. The molecule has 6 nitrogen and oxygen atoms in total. The Kier molecular flexibility index (Phi) is 5.99. The summed E-state index contributed by atoms with van der Waals surface area (Å²) in [7, 11) is 0. The molecule has 1 N–H and O–H groups in total. The molecule has 0 unspecified atom stereocenters. The van der Waals surface area contributed by atoms with E-state index in [4.69, 9.17) is 4.74 Å². The molecule has 0 aliphatic rings. The van der Waals surface area contributed by atoms with Gasteiger partial charge in [-0.25, -0.2) is 4.79 Å². The first-order valence-corrected chi connectivity index (χ1v) is 5.29. The van der Waals surface area contributed by atoms with Crippen molar-refractivity contribution < 1.29 is 31.1 Å². The van der Waals surface area contributed by atoms with Crippen LogP contribution in [0.4, 0.5) is 0 Å². The van der Waals surface area contributed by atoms with E-state index < -0.39 is 0 Å². The largest absolute Gasteiger partial charge is 1.00 e. The standard InChI is InChI=1S/C11H13N4O2.BrH/c16-11(9-15-5-2-1-3-6-15)17-7-4-10-8-12-14-13-10;/h1-3,5-6,8H,4,7,9H2,(H,12,13,14);1H/q+1;/p-1. The number of carbonyl (C=O) groups excluding carboxylic acids is 1. The van der Waals surface area contributed by atoms with Crippen molar-refractivity contribution >= 4 is 5.97 Å². The van der Waals surface area contributed by atoms with Crippen LogP contribution in [0.15, 0.2) is 36.8 Å². The molecule has 0 saturated carbocycles. The third kappa shape index (κ3) is 4.62. The zero-order valence-electron chi connectivity index (χ0n) is 9.62. The first-order chi connectivity index (χ1) is 8.34. The fourth-order valence-electron chi connectivity index (χ4n) is 1.35. The molecule has 0 aliphatic heterocycles. The quantitative estimate of drug-likeness (QED) is 0.468. The highest BCUT2D eigenvalue weighted by atomic mass is 79.9. The van der Waals surface area contributed by atoms with Gasteiger partial charge < -0.3 is 21.7 Å². The van der Waals surface area contributed by atoms with Crippen molar-refractivity contribution in [3.63, 3.8) is 0 Å². The lowest BCUT2D eigenvalue weighted by Gasteiger charge is -2.00. The molecule has 0 fully saturated rings. The Labute approximate surface area is 115 Å². The van der Waals surface area contributed by atoms with Crippen LogP contribution in [-0.4, -0.2) is 28.0 Å². The lowest BCUT2D eigenvalue weighted by atomic mass is 10.3. The van der Waals surface area contributed by atoms with Crippen LogP contribution in [0.25, 0.3) is 0 Å². The second-order valence-corrected chi connectivity index (χ2v) is 3.48. The average Bonchev–Trinajstić information content (AvgIpc) is 2.83. The number of rotatable bonds is 5. The maximum Gasteiger partial charge on any atom is 0.372 e. The van der Waals surface area contributed by atoms with E-state index in [1.807, 2.05) is 30.6 Å². The van der Waals surface area contributed by atoms with Gasteiger partial charge >= 0.3 is 5.97 Å². The number of esters is 1. The number of nitrogens with zero attached hydrogens (tertiary/aromatic N) is 3. The predicted molar refractivity (Wildman–Crippen MR) is 57.7 cm³/mol. The van der Waals surface area contributed by atoms with Gasteiger partial charge in [-0.15, -0.1) is 0 Å². The molecule has 7 heteroatoms. The van der Waals surface area contributed by atoms with Gasteiger partial charge in [-0.05, 0) is 0 Å². The molecule has 0 saturated heterocycles. The van der Waals surface area contributed by atoms with Crippen LogP contribution in [0.1, 0.15) is 5.69 Å². The van der Waals surface area contributed by atoms with Crippen LogP contribution in [-0.2, 0) is 22.5 Å². The molecule has 0 bridgehead atoms. The van der Waals surface area contributed by atoms with Gasteiger partial charge in [0.1, 0.15) is 0 Å². The highest BCUT2D eigenvalue weighted by Crippen LogP contribution is 1.91. The molecule has 0 aromatic carbocycles. The van der Waals surface area contributed by atoms with Crippen molar-refractivity contribution in [1.82, 2.24) is 15.4 Å². The third-order valence-electron chi connectivity index (χ3n) is 2.18. The fourth-order valence-corrected chi connectivity index (χ4v) is 1.35. The molecule has 2 aromatic rings. The number of pyridine rings is 1. The van der Waals surface area contributed by atoms with Crippen LogP contribution >= 0.6 is 0 Å². The Morgan fingerprint density at radius 2 is 2.11 bits per heavy atom. The van der Waals surface area contributed by atoms with Crippen molar-refractivity contribution in [2.24, 2.45) is 0 Å². The van der Waals surface area contributed by atoms with Gasteiger partial charge in [0, 0.05) is 18.6 Å². The van der Waals surface area contributed by atoms with Crippen LogP contribution in [0.2, 0.25) is 0 Å². The van der Waals surface area contributed by atoms with E-state index in [2.05, 4.69) is 15.4 Å². The third-order valence-corrected chi connectivity index (χ3v) is 2.18. The minimum absolute atomic E-state index is 0. The summed E-state index contributed by atoms with van der Waals surface area (Å²) < 4.78 is 6.84. The SMILES string of the molecule is O=C(C[n+]1ccccc1)OCCc1cn[nH]n1.[Br-]. The number of aromatic nitrogens is 4. The molecule has 2 aromatic heterocycles. The summed E-state index contributed by atoms with van der Waals surface area (Å²) in [6.07, 6.45) is 5.82. The van der Waals surface area contributed by atoms with E-state index in [0.717, 1.165) is 5.69 Å². The molecule has 2 rings (SSSR count). The Morgan fingerprint density at radius 1 is 1.33 bits per heavy atom. The van der Waals surface area contributed by atoms with Crippen LogP contribution in [0.3, 0.4) is 0 Å². The second-order valence-electron chi connectivity index (χ2n) is 3.48. The number of H-pyrrole nitrogens is 1. The Balaban J connectivity index is 0.00000162. The molecule has 0 aliphatic carbocycles. The lowest BCUT2D eigenvalue weighted by molar-refractivity contribution is -0.686. The van der Waals surface area contributed by atoms with E-state index in [-0.39, 0.29) is 29.5 Å². The highest BCUT2D eigenvalue weighted by molar-refractivity contribution is 5.67. The van der Waals surface area contributed by atoms with E-state index in [1.54, 1.807) is 10.8 Å². The monoisotopic (exact) mass is 312 g/mol.